The molecule has 26 heavy (non-hydrogen) atoms. The number of hydrogen-bond donors (Lipinski definition) is 2. The fourth-order valence-corrected chi connectivity index (χ4v) is 3.11. The maximum atomic E-state index is 12.9. The Labute approximate surface area is 156 Å². The first-order valence-corrected chi connectivity index (χ1v) is 8.52. The first-order chi connectivity index (χ1) is 12.5. The maximum absolute atomic E-state index is 12.9. The molecule has 0 unspecified atom stereocenters. The number of nitriles is 1. The van der Waals surface area contributed by atoms with E-state index < -0.39 is 0 Å². The molecule has 0 bridgehead atoms. The number of para-hydroxylation sites is 2. The molecule has 2 N–H and O–H groups in total. The van der Waals surface area contributed by atoms with Crippen LogP contribution in [-0.4, -0.2) is 24.4 Å². The highest BCUT2D eigenvalue weighted by Crippen LogP contribution is 2.31. The predicted molar refractivity (Wildman–Crippen MR) is 101 cm³/mol. The van der Waals surface area contributed by atoms with E-state index in [1.165, 1.54) is 0 Å². The van der Waals surface area contributed by atoms with E-state index in [2.05, 4.69) is 10.6 Å². The van der Waals surface area contributed by atoms with E-state index in [4.69, 9.17) is 16.9 Å². The van der Waals surface area contributed by atoms with Gasteiger partial charge in [-0.2, -0.15) is 5.26 Å². The van der Waals surface area contributed by atoms with Crippen LogP contribution in [0.25, 0.3) is 0 Å². The van der Waals surface area contributed by atoms with Gasteiger partial charge in [0.1, 0.15) is 6.07 Å². The van der Waals surface area contributed by atoms with Crippen LogP contribution in [0.5, 0.6) is 0 Å². The molecule has 1 heterocycles. The molecule has 6 nitrogen and oxygen atoms in total. The van der Waals surface area contributed by atoms with E-state index in [1.807, 2.05) is 31.2 Å². The van der Waals surface area contributed by atoms with Gasteiger partial charge in [-0.25, -0.2) is 0 Å². The largest absolute Gasteiger partial charge is 0.376 e. The number of rotatable bonds is 3. The molecule has 0 spiro atoms. The summed E-state index contributed by atoms with van der Waals surface area (Å²) in [5.74, 6) is -0.292. The van der Waals surface area contributed by atoms with Gasteiger partial charge in [-0.3, -0.25) is 9.59 Å². The van der Waals surface area contributed by atoms with Gasteiger partial charge >= 0.3 is 0 Å². The highest BCUT2D eigenvalue weighted by atomic mass is 35.5. The van der Waals surface area contributed by atoms with E-state index in [-0.39, 0.29) is 30.8 Å². The Bertz CT molecular complexity index is 907. The summed E-state index contributed by atoms with van der Waals surface area (Å²) in [6.07, 6.45) is 0.222. The van der Waals surface area contributed by atoms with Crippen LogP contribution in [0.1, 0.15) is 18.9 Å². The zero-order valence-electron chi connectivity index (χ0n) is 14.1. The van der Waals surface area contributed by atoms with Crippen molar-refractivity contribution >= 4 is 40.5 Å². The average molecular weight is 369 g/mol. The number of hydrogen-bond acceptors (Lipinski definition) is 4. The zero-order valence-corrected chi connectivity index (χ0v) is 14.9. The third-order valence-electron chi connectivity index (χ3n) is 4.16. The van der Waals surface area contributed by atoms with Crippen LogP contribution in [-0.2, 0) is 9.59 Å². The molecule has 7 heteroatoms. The van der Waals surface area contributed by atoms with Crippen molar-refractivity contribution in [3.05, 3.63) is 53.1 Å². The molecular weight excluding hydrogens is 352 g/mol. The van der Waals surface area contributed by atoms with Crippen LogP contribution in [0.3, 0.4) is 0 Å². The van der Waals surface area contributed by atoms with Crippen molar-refractivity contribution < 1.29 is 9.59 Å². The summed E-state index contributed by atoms with van der Waals surface area (Å²) in [5, 5.41) is 15.3. The van der Waals surface area contributed by atoms with Gasteiger partial charge in [0.2, 0.25) is 11.8 Å². The van der Waals surface area contributed by atoms with Crippen molar-refractivity contribution in [3.8, 4) is 6.07 Å². The van der Waals surface area contributed by atoms with Gasteiger partial charge in [0.05, 0.1) is 28.5 Å². The van der Waals surface area contributed by atoms with E-state index in [1.54, 1.807) is 29.2 Å². The molecule has 2 aromatic rings. The van der Waals surface area contributed by atoms with Crippen LogP contribution in [0.4, 0.5) is 17.1 Å². The number of carbonyl (C=O) groups excluding carboxylic acids is 2. The summed E-state index contributed by atoms with van der Waals surface area (Å²) in [4.78, 5) is 26.5. The summed E-state index contributed by atoms with van der Waals surface area (Å²) >= 11 is 5.92. The summed E-state index contributed by atoms with van der Waals surface area (Å²) in [6, 6.07) is 13.9. The van der Waals surface area contributed by atoms with Crippen molar-refractivity contribution in [2.45, 2.75) is 19.4 Å². The smallest absolute Gasteiger partial charge is 0.246 e. The molecule has 2 amide bonds. The lowest BCUT2D eigenvalue weighted by molar-refractivity contribution is -0.118. The number of fused-ring (bicyclic) bond motifs is 1. The summed E-state index contributed by atoms with van der Waals surface area (Å²) in [6.45, 7) is 1.87. The van der Waals surface area contributed by atoms with E-state index in [9.17, 15) is 9.59 Å². The van der Waals surface area contributed by atoms with E-state index in [0.29, 0.717) is 27.6 Å². The fraction of sp³-hybridized carbons (Fsp3) is 0.211. The lowest BCUT2D eigenvalue weighted by Crippen LogP contribution is -2.42. The molecule has 0 fully saturated rings. The van der Waals surface area contributed by atoms with Gasteiger partial charge in [-0.15, -0.1) is 0 Å². The third-order valence-corrected chi connectivity index (χ3v) is 4.49. The minimum atomic E-state index is -0.271. The number of carbonyl (C=O) groups is 2. The summed E-state index contributed by atoms with van der Waals surface area (Å²) in [7, 11) is 0. The minimum Gasteiger partial charge on any atom is -0.376 e. The van der Waals surface area contributed by atoms with Gasteiger partial charge in [0.15, 0.2) is 0 Å². The normalized spacial score (nSPS) is 16.1. The van der Waals surface area contributed by atoms with Gasteiger partial charge in [-0.05, 0) is 37.3 Å². The van der Waals surface area contributed by atoms with Gasteiger partial charge in [0, 0.05) is 18.2 Å². The first-order valence-electron chi connectivity index (χ1n) is 8.14. The Morgan fingerprint density at radius 3 is 2.92 bits per heavy atom. The molecule has 0 saturated carbocycles. The number of anilines is 3. The molecule has 2 aromatic carbocycles. The Balaban J connectivity index is 1.81. The Hall–Kier alpha value is -3.04. The molecule has 1 atom stereocenters. The number of halogens is 1. The second kappa shape index (κ2) is 7.46. The van der Waals surface area contributed by atoms with Crippen LogP contribution < -0.4 is 15.5 Å². The molecule has 0 saturated heterocycles. The fourth-order valence-electron chi connectivity index (χ4n) is 2.95. The monoisotopic (exact) mass is 368 g/mol. The van der Waals surface area contributed by atoms with Gasteiger partial charge in [0.25, 0.3) is 0 Å². The van der Waals surface area contributed by atoms with Crippen LogP contribution in [0.2, 0.25) is 5.02 Å². The topological polar surface area (TPSA) is 85.2 Å². The summed E-state index contributed by atoms with van der Waals surface area (Å²) < 4.78 is 0. The van der Waals surface area contributed by atoms with Crippen LogP contribution in [0, 0.1) is 11.3 Å². The number of benzene rings is 2. The second-order valence-electron chi connectivity index (χ2n) is 6.04. The zero-order chi connectivity index (χ0) is 18.7. The lowest BCUT2D eigenvalue weighted by Gasteiger charge is -2.28. The van der Waals surface area contributed by atoms with Crippen molar-refractivity contribution in [1.82, 2.24) is 0 Å². The number of amides is 2. The number of nitrogens with one attached hydrogen (secondary N) is 2. The first kappa shape index (κ1) is 17.8. The molecule has 0 aliphatic carbocycles. The van der Waals surface area contributed by atoms with Crippen LogP contribution in [0.15, 0.2) is 42.5 Å². The molecule has 132 valence electrons. The molecule has 3 rings (SSSR count). The Kier molecular flexibility index (Phi) is 5.10. The van der Waals surface area contributed by atoms with Crippen molar-refractivity contribution in [2.75, 3.05) is 22.1 Å². The van der Waals surface area contributed by atoms with Gasteiger partial charge < -0.3 is 15.5 Å². The molecule has 1 aliphatic rings. The minimum absolute atomic E-state index is 0.0271. The highest BCUT2D eigenvalue weighted by molar-refractivity contribution is 6.31. The average Bonchev–Trinajstić information content (AvgIpc) is 2.75. The quantitative estimate of drug-likeness (QED) is 0.869. The second-order valence-corrected chi connectivity index (χ2v) is 6.45. The van der Waals surface area contributed by atoms with E-state index >= 15 is 0 Å². The number of nitrogens with zero attached hydrogens (tertiary/aromatic N) is 2. The molecule has 0 aromatic heterocycles. The molecule has 1 aliphatic heterocycles. The van der Waals surface area contributed by atoms with Crippen molar-refractivity contribution in [3.63, 3.8) is 0 Å². The lowest BCUT2D eigenvalue weighted by atomic mass is 10.1. The van der Waals surface area contributed by atoms with Crippen LogP contribution >= 0.6 is 11.6 Å². The highest BCUT2D eigenvalue weighted by Gasteiger charge is 2.29. The molecule has 0 radical (unpaired) electrons. The predicted octanol–water partition coefficient (Wildman–Crippen LogP) is 3.39. The standard InChI is InChI=1S/C19H17ClN4O2/c1-12-8-18(25)23-16-4-2-3-5-17(16)24(12)19(26)11-22-14-6-7-15(20)13(9-14)10-21/h2-7,9,12,22H,8,11H2,1H3,(H,23,25)/t12-/m0/s1. The van der Waals surface area contributed by atoms with Gasteiger partial charge in [-0.1, -0.05) is 23.7 Å². The SMILES string of the molecule is C[C@H]1CC(=O)Nc2ccccc2N1C(=O)CNc1ccc(Cl)c(C#N)c1. The van der Waals surface area contributed by atoms with Crippen molar-refractivity contribution in [2.24, 2.45) is 0 Å². The Morgan fingerprint density at radius 1 is 1.38 bits per heavy atom. The molecular formula is C19H17ClN4O2. The Morgan fingerprint density at radius 2 is 2.15 bits per heavy atom. The third kappa shape index (κ3) is 3.63. The summed E-state index contributed by atoms with van der Waals surface area (Å²) in [5.41, 5.74) is 2.26. The van der Waals surface area contributed by atoms with Crippen molar-refractivity contribution in [1.29, 1.82) is 5.26 Å². The van der Waals surface area contributed by atoms with E-state index in [0.717, 1.165) is 0 Å². The maximum Gasteiger partial charge on any atom is 0.246 e.